The fraction of sp³-hybridized carbons (Fsp3) is 0.455. The zero-order valence-electron chi connectivity index (χ0n) is 16.9. The number of halogens is 6. The minimum absolute atomic E-state index is 0. The molecule has 1 saturated heterocycles. The summed E-state index contributed by atoms with van der Waals surface area (Å²) in [6.07, 6.45) is -2.73. The highest BCUT2D eigenvalue weighted by Gasteiger charge is 2.44. The van der Waals surface area contributed by atoms with Gasteiger partial charge in [0.1, 0.15) is 5.82 Å². The molecule has 1 aliphatic heterocycles. The van der Waals surface area contributed by atoms with E-state index in [1.807, 2.05) is 12.1 Å². The molecule has 0 spiro atoms. The third kappa shape index (κ3) is 5.52. The second-order valence-corrected chi connectivity index (χ2v) is 7.76. The molecule has 1 aliphatic carbocycles. The summed E-state index contributed by atoms with van der Waals surface area (Å²) in [5, 5.41) is 3.36. The first-order valence-corrected chi connectivity index (χ1v) is 9.87. The molecule has 0 saturated carbocycles. The van der Waals surface area contributed by atoms with Crippen LogP contribution in [0.3, 0.4) is 0 Å². The van der Waals surface area contributed by atoms with E-state index in [9.17, 15) is 17.6 Å². The zero-order valence-corrected chi connectivity index (χ0v) is 18.5. The Labute approximate surface area is 192 Å². The molecule has 1 atom stereocenters. The number of piperazine rings is 1. The van der Waals surface area contributed by atoms with E-state index in [4.69, 9.17) is 4.74 Å². The van der Waals surface area contributed by atoms with Gasteiger partial charge in [0.25, 0.3) is 0 Å². The average molecular weight is 481 g/mol. The van der Waals surface area contributed by atoms with Gasteiger partial charge in [-0.1, -0.05) is 24.3 Å². The molecule has 9 heteroatoms. The topological polar surface area (TPSA) is 24.5 Å². The van der Waals surface area contributed by atoms with Gasteiger partial charge in [0.2, 0.25) is 0 Å². The summed E-state index contributed by atoms with van der Waals surface area (Å²) >= 11 is 0. The number of nitrogens with one attached hydrogen (secondary N) is 1. The van der Waals surface area contributed by atoms with Crippen molar-refractivity contribution in [2.45, 2.75) is 31.2 Å². The molecular formula is C22H26Cl2F4N2O. The quantitative estimate of drug-likeness (QED) is 0.612. The summed E-state index contributed by atoms with van der Waals surface area (Å²) in [7, 11) is 0. The summed E-state index contributed by atoms with van der Waals surface area (Å²) in [5.74, 6) is -0.901. The molecule has 31 heavy (non-hydrogen) atoms. The fourth-order valence-corrected chi connectivity index (χ4v) is 4.57. The second-order valence-electron chi connectivity index (χ2n) is 7.76. The van der Waals surface area contributed by atoms with Crippen LogP contribution >= 0.6 is 24.8 Å². The molecule has 3 nitrogen and oxygen atoms in total. The summed E-state index contributed by atoms with van der Waals surface area (Å²) in [6.45, 7) is 3.86. The SMILES string of the molecule is Cl.Cl.Fc1cc(COCC2(N3CCNCC3)CCc3ccccc32)cc(C(F)(F)F)c1. The van der Waals surface area contributed by atoms with Crippen molar-refractivity contribution < 1.29 is 22.3 Å². The van der Waals surface area contributed by atoms with Crippen molar-refractivity contribution in [2.24, 2.45) is 0 Å². The van der Waals surface area contributed by atoms with Gasteiger partial charge in [-0.2, -0.15) is 13.2 Å². The molecule has 0 aromatic heterocycles. The first kappa shape index (κ1) is 25.9. The summed E-state index contributed by atoms with van der Waals surface area (Å²) in [4.78, 5) is 2.42. The van der Waals surface area contributed by atoms with Crippen LogP contribution in [0.2, 0.25) is 0 Å². The van der Waals surface area contributed by atoms with E-state index in [1.165, 1.54) is 11.1 Å². The lowest BCUT2D eigenvalue weighted by molar-refractivity contribution is -0.137. The Morgan fingerprint density at radius 3 is 2.45 bits per heavy atom. The van der Waals surface area contributed by atoms with Gasteiger partial charge in [-0.05, 0) is 47.7 Å². The Balaban J connectivity index is 0.00000171. The molecule has 0 bridgehead atoms. The molecular weight excluding hydrogens is 455 g/mol. The Hall–Kier alpha value is -1.38. The maximum absolute atomic E-state index is 13.7. The molecule has 172 valence electrons. The van der Waals surface area contributed by atoms with Crippen molar-refractivity contribution in [2.75, 3.05) is 32.8 Å². The van der Waals surface area contributed by atoms with Crippen LogP contribution in [0.4, 0.5) is 17.6 Å². The third-order valence-corrected chi connectivity index (χ3v) is 5.94. The molecule has 4 rings (SSSR count). The number of aryl methyl sites for hydroxylation is 1. The van der Waals surface area contributed by atoms with E-state index in [1.54, 1.807) is 0 Å². The van der Waals surface area contributed by atoms with Crippen LogP contribution in [0, 0.1) is 5.82 Å². The van der Waals surface area contributed by atoms with Crippen LogP contribution in [0.1, 0.15) is 28.7 Å². The molecule has 1 heterocycles. The normalized spacial score (nSPS) is 21.2. The number of nitrogens with zero attached hydrogens (tertiary/aromatic N) is 1. The molecule has 2 aromatic rings. The van der Waals surface area contributed by atoms with Gasteiger partial charge in [-0.3, -0.25) is 4.90 Å². The highest BCUT2D eigenvalue weighted by atomic mass is 35.5. The van der Waals surface area contributed by atoms with Crippen molar-refractivity contribution in [1.82, 2.24) is 10.2 Å². The molecule has 2 aromatic carbocycles. The van der Waals surface area contributed by atoms with E-state index in [-0.39, 0.29) is 42.5 Å². The van der Waals surface area contributed by atoms with Gasteiger partial charge in [-0.25, -0.2) is 4.39 Å². The standard InChI is InChI=1S/C22H24F4N2O.2ClH/c23-19-12-16(11-18(13-19)22(24,25)26)14-29-15-21(28-9-7-27-8-10-28)6-5-17-3-1-2-4-20(17)21;;/h1-4,11-13,27H,5-10,14-15H2;2*1H. The van der Waals surface area contributed by atoms with Crippen molar-refractivity contribution >= 4 is 24.8 Å². The van der Waals surface area contributed by atoms with Crippen molar-refractivity contribution in [3.05, 3.63) is 70.5 Å². The number of benzene rings is 2. The fourth-order valence-electron chi connectivity index (χ4n) is 4.57. The summed E-state index contributed by atoms with van der Waals surface area (Å²) in [5.41, 5.74) is 1.44. The predicted octanol–water partition coefficient (Wildman–Crippen LogP) is 4.95. The lowest BCUT2D eigenvalue weighted by Gasteiger charge is -2.44. The Kier molecular flexibility index (Phi) is 8.76. The summed E-state index contributed by atoms with van der Waals surface area (Å²) < 4.78 is 58.5. The minimum Gasteiger partial charge on any atom is -0.374 e. The Bertz CT molecular complexity index is 875. The first-order valence-electron chi connectivity index (χ1n) is 9.87. The number of hydrogen-bond acceptors (Lipinski definition) is 3. The molecule has 0 amide bonds. The molecule has 1 unspecified atom stereocenters. The van der Waals surface area contributed by atoms with Crippen LogP contribution in [0.5, 0.6) is 0 Å². The van der Waals surface area contributed by atoms with E-state index >= 15 is 0 Å². The van der Waals surface area contributed by atoms with Crippen molar-refractivity contribution in [1.29, 1.82) is 0 Å². The predicted molar refractivity (Wildman–Crippen MR) is 116 cm³/mol. The molecule has 2 aliphatic rings. The lowest BCUT2D eigenvalue weighted by atomic mass is 9.89. The number of hydrogen-bond donors (Lipinski definition) is 1. The van der Waals surface area contributed by atoms with E-state index in [2.05, 4.69) is 22.3 Å². The van der Waals surface area contributed by atoms with Gasteiger partial charge in [0, 0.05) is 26.2 Å². The highest BCUT2D eigenvalue weighted by Crippen LogP contribution is 2.42. The second kappa shape index (κ2) is 10.5. The monoisotopic (exact) mass is 480 g/mol. The molecule has 1 N–H and O–H groups in total. The van der Waals surface area contributed by atoms with Crippen LogP contribution < -0.4 is 5.32 Å². The smallest absolute Gasteiger partial charge is 0.374 e. The lowest BCUT2D eigenvalue weighted by Crippen LogP contribution is -2.55. The van der Waals surface area contributed by atoms with Crippen molar-refractivity contribution in [3.63, 3.8) is 0 Å². The maximum Gasteiger partial charge on any atom is 0.416 e. The van der Waals surface area contributed by atoms with Gasteiger partial charge >= 0.3 is 6.18 Å². The highest BCUT2D eigenvalue weighted by molar-refractivity contribution is 5.85. The minimum atomic E-state index is -4.58. The number of fused-ring (bicyclic) bond motifs is 1. The summed E-state index contributed by atoms with van der Waals surface area (Å²) in [6, 6.07) is 10.9. The van der Waals surface area contributed by atoms with Crippen LogP contribution in [0.15, 0.2) is 42.5 Å². The van der Waals surface area contributed by atoms with Gasteiger partial charge < -0.3 is 10.1 Å². The first-order chi connectivity index (χ1) is 13.9. The van der Waals surface area contributed by atoms with Gasteiger partial charge in [0.05, 0.1) is 24.3 Å². The third-order valence-electron chi connectivity index (χ3n) is 5.94. The van der Waals surface area contributed by atoms with E-state index < -0.39 is 17.6 Å². The average Bonchev–Trinajstić information content (AvgIpc) is 3.08. The zero-order chi connectivity index (χ0) is 20.5. The van der Waals surface area contributed by atoms with Crippen LogP contribution in [-0.2, 0) is 29.5 Å². The Morgan fingerprint density at radius 1 is 1.03 bits per heavy atom. The number of rotatable bonds is 5. The largest absolute Gasteiger partial charge is 0.416 e. The van der Waals surface area contributed by atoms with E-state index in [0.717, 1.165) is 51.2 Å². The van der Waals surface area contributed by atoms with Gasteiger partial charge in [-0.15, -0.1) is 24.8 Å². The molecule has 1 fully saturated rings. The number of alkyl halides is 3. The van der Waals surface area contributed by atoms with Crippen molar-refractivity contribution in [3.8, 4) is 0 Å². The molecule has 0 radical (unpaired) electrons. The van der Waals surface area contributed by atoms with E-state index in [0.29, 0.717) is 12.7 Å². The number of ether oxygens (including phenoxy) is 1. The van der Waals surface area contributed by atoms with Gasteiger partial charge in [0.15, 0.2) is 0 Å². The van der Waals surface area contributed by atoms with Crippen LogP contribution in [0.25, 0.3) is 0 Å². The Morgan fingerprint density at radius 2 is 1.74 bits per heavy atom. The maximum atomic E-state index is 13.7. The van der Waals surface area contributed by atoms with Crippen LogP contribution in [-0.4, -0.2) is 37.7 Å².